The minimum absolute atomic E-state index is 0. The molecule has 31 heavy (non-hydrogen) atoms. The van der Waals surface area contributed by atoms with Crippen molar-refractivity contribution in [2.45, 2.75) is 39.8 Å². The lowest BCUT2D eigenvalue weighted by Crippen LogP contribution is -2.47. The van der Waals surface area contributed by atoms with Crippen molar-refractivity contribution in [1.29, 1.82) is 0 Å². The summed E-state index contributed by atoms with van der Waals surface area (Å²) in [5.74, 6) is 3.28. The van der Waals surface area contributed by atoms with E-state index in [0.29, 0.717) is 19.1 Å². The highest BCUT2D eigenvalue weighted by Gasteiger charge is 2.22. The van der Waals surface area contributed by atoms with Gasteiger partial charge >= 0.3 is 0 Å². The first-order valence-electron chi connectivity index (χ1n) is 11.3. The number of nitrogens with one attached hydrogen (secondary N) is 2. The zero-order chi connectivity index (χ0) is 21.5. The Labute approximate surface area is 205 Å². The van der Waals surface area contributed by atoms with Crippen LogP contribution in [0.15, 0.2) is 17.1 Å². The van der Waals surface area contributed by atoms with E-state index in [2.05, 4.69) is 58.5 Å². The molecule has 0 saturated carbocycles. The normalized spacial score (nSPS) is 20.4. The molecule has 1 aromatic carbocycles. The minimum atomic E-state index is 0. The largest absolute Gasteiger partial charge is 0.494 e. The Morgan fingerprint density at radius 1 is 1.26 bits per heavy atom. The van der Waals surface area contributed by atoms with Gasteiger partial charge in [0, 0.05) is 70.4 Å². The van der Waals surface area contributed by atoms with Gasteiger partial charge < -0.3 is 29.9 Å². The minimum Gasteiger partial charge on any atom is -0.494 e. The summed E-state index contributed by atoms with van der Waals surface area (Å²) in [6.07, 6.45) is 1.17. The number of aliphatic imine (C=N–C) groups is 1. The van der Waals surface area contributed by atoms with Crippen molar-refractivity contribution < 1.29 is 9.47 Å². The molecule has 0 aromatic heterocycles. The first-order chi connectivity index (χ1) is 14.5. The summed E-state index contributed by atoms with van der Waals surface area (Å²) < 4.78 is 11.8. The predicted molar refractivity (Wildman–Crippen MR) is 138 cm³/mol. The maximum atomic E-state index is 5.93. The molecule has 2 heterocycles. The number of guanidine groups is 1. The maximum Gasteiger partial charge on any atom is 0.191 e. The number of hydrogen-bond donors (Lipinski definition) is 2. The average Bonchev–Trinajstić information content (AvgIpc) is 3.09. The quantitative estimate of drug-likeness (QED) is 0.298. The van der Waals surface area contributed by atoms with Crippen molar-refractivity contribution in [1.82, 2.24) is 20.4 Å². The highest BCUT2D eigenvalue weighted by atomic mass is 127. The van der Waals surface area contributed by atoms with Crippen LogP contribution in [0, 0.1) is 5.92 Å². The van der Waals surface area contributed by atoms with Crippen LogP contribution in [0.4, 0.5) is 0 Å². The van der Waals surface area contributed by atoms with Gasteiger partial charge in [-0.15, -0.1) is 24.0 Å². The zero-order valence-electron chi connectivity index (χ0n) is 19.7. The summed E-state index contributed by atoms with van der Waals surface area (Å²) >= 11 is 0. The lowest BCUT2D eigenvalue weighted by atomic mass is 10.1. The van der Waals surface area contributed by atoms with Crippen molar-refractivity contribution >= 4 is 29.9 Å². The lowest BCUT2D eigenvalue weighted by molar-refractivity contribution is 0.139. The monoisotopic (exact) mass is 545 g/mol. The topological polar surface area (TPSA) is 61.4 Å². The molecule has 7 nitrogen and oxygen atoms in total. The molecule has 176 valence electrons. The van der Waals surface area contributed by atoms with Gasteiger partial charge in [-0.2, -0.15) is 0 Å². The first kappa shape index (κ1) is 26.0. The number of likely N-dealkylation sites (N-methyl/N-ethyl adjacent to an activating group) is 1. The van der Waals surface area contributed by atoms with Crippen LogP contribution in [-0.2, 0) is 13.0 Å². The van der Waals surface area contributed by atoms with E-state index in [9.17, 15) is 0 Å². The molecule has 0 amide bonds. The van der Waals surface area contributed by atoms with Crippen LogP contribution in [0.5, 0.6) is 11.5 Å². The number of benzene rings is 1. The molecular weight excluding hydrogens is 505 g/mol. The van der Waals surface area contributed by atoms with Crippen molar-refractivity contribution in [3.8, 4) is 11.5 Å². The molecule has 0 bridgehead atoms. The first-order valence-corrected chi connectivity index (χ1v) is 11.3. The number of fused-ring (bicyclic) bond motifs is 1. The summed E-state index contributed by atoms with van der Waals surface area (Å²) in [4.78, 5) is 9.35. The predicted octanol–water partition coefficient (Wildman–Crippen LogP) is 2.58. The van der Waals surface area contributed by atoms with Crippen LogP contribution in [0.2, 0.25) is 0 Å². The fourth-order valence-electron chi connectivity index (χ4n) is 4.12. The van der Waals surface area contributed by atoms with Crippen molar-refractivity contribution in [2.75, 3.05) is 60.0 Å². The molecule has 8 heteroatoms. The van der Waals surface area contributed by atoms with Crippen LogP contribution in [0.1, 0.15) is 31.9 Å². The third kappa shape index (κ3) is 7.68. The SMILES string of the molecule is CCOc1cc2c(cc1CNC(=NC)NCC(C)CN1CCN(C)CC1)OC(C)C2.I. The Hall–Kier alpha value is -1.26. The Morgan fingerprint density at radius 2 is 2.00 bits per heavy atom. The van der Waals surface area contributed by atoms with Gasteiger partial charge in [-0.05, 0) is 38.9 Å². The Bertz CT molecular complexity index is 722. The number of ether oxygens (including phenoxy) is 2. The Morgan fingerprint density at radius 3 is 2.68 bits per heavy atom. The summed E-state index contributed by atoms with van der Waals surface area (Å²) in [5.41, 5.74) is 2.33. The van der Waals surface area contributed by atoms with E-state index >= 15 is 0 Å². The Balaban J connectivity index is 0.00000341. The number of halogens is 1. The second-order valence-electron chi connectivity index (χ2n) is 8.65. The van der Waals surface area contributed by atoms with Crippen molar-refractivity contribution in [3.05, 3.63) is 23.3 Å². The van der Waals surface area contributed by atoms with Gasteiger partial charge in [0.05, 0.1) is 6.61 Å². The molecule has 0 radical (unpaired) electrons. The van der Waals surface area contributed by atoms with E-state index in [0.717, 1.165) is 68.7 Å². The van der Waals surface area contributed by atoms with Crippen molar-refractivity contribution in [2.24, 2.45) is 10.9 Å². The van der Waals surface area contributed by atoms with Gasteiger partial charge in [0.15, 0.2) is 5.96 Å². The highest BCUT2D eigenvalue weighted by molar-refractivity contribution is 14.0. The molecule has 2 aliphatic heterocycles. The molecule has 2 N–H and O–H groups in total. The van der Waals surface area contributed by atoms with E-state index in [1.807, 2.05) is 14.0 Å². The van der Waals surface area contributed by atoms with Crippen LogP contribution in [0.3, 0.4) is 0 Å². The van der Waals surface area contributed by atoms with E-state index in [1.165, 1.54) is 5.56 Å². The number of hydrogen-bond acceptors (Lipinski definition) is 5. The van der Waals surface area contributed by atoms with E-state index < -0.39 is 0 Å². The number of nitrogens with zero attached hydrogens (tertiary/aromatic N) is 3. The zero-order valence-corrected chi connectivity index (χ0v) is 22.1. The summed E-state index contributed by atoms with van der Waals surface area (Å²) in [7, 11) is 4.01. The molecular formula is C23H40IN5O2. The fourth-order valence-corrected chi connectivity index (χ4v) is 4.12. The second kappa shape index (κ2) is 12.7. The average molecular weight is 546 g/mol. The Kier molecular flexibility index (Phi) is 10.6. The number of piperazine rings is 1. The standard InChI is InChI=1S/C23H39N5O2.HI/c1-6-29-21-12-19-11-18(3)30-22(19)13-20(21)15-26-23(24-4)25-14-17(2)16-28-9-7-27(5)8-10-28;/h12-13,17-18H,6-11,14-16H2,1-5H3,(H2,24,25,26);1H. The second-order valence-corrected chi connectivity index (χ2v) is 8.65. The van der Waals surface area contributed by atoms with Gasteiger partial charge in [0.1, 0.15) is 17.6 Å². The number of rotatable bonds is 8. The van der Waals surface area contributed by atoms with Gasteiger partial charge in [-0.25, -0.2) is 0 Å². The molecule has 2 atom stereocenters. The van der Waals surface area contributed by atoms with E-state index in [1.54, 1.807) is 0 Å². The molecule has 1 fully saturated rings. The van der Waals surface area contributed by atoms with E-state index in [-0.39, 0.29) is 30.1 Å². The smallest absolute Gasteiger partial charge is 0.191 e. The molecule has 0 aliphatic carbocycles. The molecule has 1 saturated heterocycles. The lowest BCUT2D eigenvalue weighted by Gasteiger charge is -2.34. The van der Waals surface area contributed by atoms with Crippen LogP contribution >= 0.6 is 24.0 Å². The summed E-state index contributed by atoms with van der Waals surface area (Å²) in [6.45, 7) is 14.4. The van der Waals surface area contributed by atoms with Gasteiger partial charge in [0.25, 0.3) is 0 Å². The summed E-state index contributed by atoms with van der Waals surface area (Å²) in [5, 5.41) is 6.91. The van der Waals surface area contributed by atoms with Gasteiger partial charge in [-0.1, -0.05) is 6.92 Å². The van der Waals surface area contributed by atoms with Crippen LogP contribution in [-0.4, -0.2) is 81.8 Å². The highest BCUT2D eigenvalue weighted by Crippen LogP contribution is 2.35. The maximum absolute atomic E-state index is 5.93. The third-order valence-electron chi connectivity index (χ3n) is 5.83. The van der Waals surface area contributed by atoms with Crippen LogP contribution in [0.25, 0.3) is 0 Å². The fraction of sp³-hybridized carbons (Fsp3) is 0.696. The molecule has 0 spiro atoms. The van der Waals surface area contributed by atoms with Gasteiger partial charge in [0.2, 0.25) is 0 Å². The molecule has 3 rings (SSSR count). The molecule has 2 aliphatic rings. The van der Waals surface area contributed by atoms with E-state index in [4.69, 9.17) is 9.47 Å². The summed E-state index contributed by atoms with van der Waals surface area (Å²) in [6, 6.07) is 4.24. The van der Waals surface area contributed by atoms with Gasteiger partial charge in [-0.3, -0.25) is 4.99 Å². The third-order valence-corrected chi connectivity index (χ3v) is 5.83. The molecule has 2 unspecified atom stereocenters. The van der Waals surface area contributed by atoms with Crippen molar-refractivity contribution in [3.63, 3.8) is 0 Å². The van der Waals surface area contributed by atoms with Crippen LogP contribution < -0.4 is 20.1 Å². The molecule has 1 aromatic rings.